The standard InChI is InChI=1S/C21H24N4O3/c1-25-19(27)21(24-20(25)22,14-7-3-2-4-8-14)15-9-5-10-16(13-15)23-18(26)17-11-6-12-28-17/h5-6,9-14H,2-4,7-8H2,1H3,(H2,22,24)(H,23,26). The zero-order valence-electron chi connectivity index (χ0n) is 15.9. The van der Waals surface area contributed by atoms with E-state index in [0.29, 0.717) is 5.69 Å². The molecular formula is C21H24N4O3. The van der Waals surface area contributed by atoms with Gasteiger partial charge < -0.3 is 15.5 Å². The van der Waals surface area contributed by atoms with E-state index in [-0.39, 0.29) is 29.5 Å². The number of anilines is 1. The molecule has 4 rings (SSSR count). The first kappa shape index (κ1) is 18.3. The van der Waals surface area contributed by atoms with Gasteiger partial charge >= 0.3 is 0 Å². The number of furan rings is 1. The number of guanidine groups is 1. The van der Waals surface area contributed by atoms with Crippen molar-refractivity contribution in [1.29, 1.82) is 0 Å². The van der Waals surface area contributed by atoms with Crippen molar-refractivity contribution in [2.75, 3.05) is 12.4 Å². The lowest BCUT2D eigenvalue weighted by molar-refractivity contribution is -0.133. The summed E-state index contributed by atoms with van der Waals surface area (Å²) in [5.74, 6) is 0.110. The number of amides is 2. The molecule has 2 aromatic rings. The molecule has 3 N–H and O–H groups in total. The van der Waals surface area contributed by atoms with E-state index in [2.05, 4.69) is 10.3 Å². The van der Waals surface area contributed by atoms with Crippen LogP contribution in [0.5, 0.6) is 0 Å². The van der Waals surface area contributed by atoms with Gasteiger partial charge in [0.25, 0.3) is 11.8 Å². The third-order valence-electron chi connectivity index (χ3n) is 5.77. The highest BCUT2D eigenvalue weighted by molar-refractivity contribution is 6.07. The lowest BCUT2D eigenvalue weighted by Crippen LogP contribution is -2.45. The normalized spacial score (nSPS) is 23.0. The molecule has 1 aliphatic heterocycles. The van der Waals surface area contributed by atoms with Crippen LogP contribution in [0.25, 0.3) is 0 Å². The van der Waals surface area contributed by atoms with Gasteiger partial charge in [-0.15, -0.1) is 0 Å². The Morgan fingerprint density at radius 2 is 2.04 bits per heavy atom. The molecule has 1 atom stereocenters. The molecule has 1 aromatic heterocycles. The molecule has 28 heavy (non-hydrogen) atoms. The zero-order valence-corrected chi connectivity index (χ0v) is 15.9. The molecule has 1 fully saturated rings. The number of likely N-dealkylation sites (N-methyl/N-ethyl adjacent to an activating group) is 1. The summed E-state index contributed by atoms with van der Waals surface area (Å²) in [5, 5.41) is 2.83. The lowest BCUT2D eigenvalue weighted by Gasteiger charge is -2.36. The molecule has 146 valence electrons. The van der Waals surface area contributed by atoms with Crippen LogP contribution in [0.1, 0.15) is 48.2 Å². The van der Waals surface area contributed by atoms with Crippen molar-refractivity contribution < 1.29 is 14.0 Å². The average molecular weight is 380 g/mol. The highest BCUT2D eigenvalue weighted by Gasteiger charge is 2.53. The van der Waals surface area contributed by atoms with Gasteiger partial charge in [0.1, 0.15) is 0 Å². The molecule has 0 bridgehead atoms. The molecule has 7 heteroatoms. The van der Waals surface area contributed by atoms with Gasteiger partial charge in [0, 0.05) is 12.7 Å². The fraction of sp³-hybridized carbons (Fsp3) is 0.381. The van der Waals surface area contributed by atoms with Crippen molar-refractivity contribution in [3.8, 4) is 0 Å². The summed E-state index contributed by atoms with van der Waals surface area (Å²) in [4.78, 5) is 31.7. The van der Waals surface area contributed by atoms with E-state index in [1.54, 1.807) is 25.2 Å². The first-order chi connectivity index (χ1) is 13.5. The molecule has 2 amide bonds. The van der Waals surface area contributed by atoms with Crippen LogP contribution in [0.3, 0.4) is 0 Å². The largest absolute Gasteiger partial charge is 0.459 e. The van der Waals surface area contributed by atoms with Crippen molar-refractivity contribution in [3.63, 3.8) is 0 Å². The number of carbonyl (C=O) groups excluding carboxylic acids is 2. The first-order valence-electron chi connectivity index (χ1n) is 9.61. The lowest BCUT2D eigenvalue weighted by atomic mass is 9.71. The van der Waals surface area contributed by atoms with Crippen molar-refractivity contribution in [1.82, 2.24) is 4.90 Å². The predicted octanol–water partition coefficient (Wildman–Crippen LogP) is 3.09. The second-order valence-corrected chi connectivity index (χ2v) is 7.45. The molecule has 1 aromatic carbocycles. The molecule has 1 unspecified atom stereocenters. The number of rotatable bonds is 4. The number of nitrogens with one attached hydrogen (secondary N) is 1. The van der Waals surface area contributed by atoms with Crippen molar-refractivity contribution in [2.45, 2.75) is 37.6 Å². The summed E-state index contributed by atoms with van der Waals surface area (Å²) >= 11 is 0. The quantitative estimate of drug-likeness (QED) is 0.851. The molecule has 1 saturated carbocycles. The SMILES string of the molecule is CN1C(=O)C(c2cccc(NC(=O)c3ccco3)c2)(C2CCCCC2)N=C1N. The van der Waals surface area contributed by atoms with E-state index in [1.165, 1.54) is 17.6 Å². The number of hydrogen-bond acceptors (Lipinski definition) is 5. The maximum absolute atomic E-state index is 13.3. The molecule has 2 aliphatic rings. The van der Waals surface area contributed by atoms with Crippen molar-refractivity contribution in [2.24, 2.45) is 16.6 Å². The number of benzene rings is 1. The minimum Gasteiger partial charge on any atom is -0.459 e. The predicted molar refractivity (Wildman–Crippen MR) is 106 cm³/mol. The van der Waals surface area contributed by atoms with Crippen LogP contribution in [0.15, 0.2) is 52.1 Å². The highest BCUT2D eigenvalue weighted by atomic mass is 16.3. The van der Waals surface area contributed by atoms with Gasteiger partial charge in [-0.25, -0.2) is 4.99 Å². The average Bonchev–Trinajstić information content (AvgIpc) is 3.33. The summed E-state index contributed by atoms with van der Waals surface area (Å²) in [6.07, 6.45) is 6.64. The molecule has 2 heterocycles. The van der Waals surface area contributed by atoms with Crippen LogP contribution in [-0.4, -0.2) is 29.7 Å². The summed E-state index contributed by atoms with van der Waals surface area (Å²) < 4.78 is 5.15. The number of nitrogens with zero attached hydrogens (tertiary/aromatic N) is 2. The Hall–Kier alpha value is -3.09. The maximum atomic E-state index is 13.3. The third-order valence-corrected chi connectivity index (χ3v) is 5.77. The minimum atomic E-state index is -1.02. The maximum Gasteiger partial charge on any atom is 0.291 e. The van der Waals surface area contributed by atoms with Crippen LogP contribution in [-0.2, 0) is 10.3 Å². The van der Waals surface area contributed by atoms with Crippen LogP contribution < -0.4 is 11.1 Å². The Labute approximate surface area is 163 Å². The van der Waals surface area contributed by atoms with Gasteiger partial charge in [-0.1, -0.05) is 31.4 Å². The summed E-state index contributed by atoms with van der Waals surface area (Å²) in [7, 11) is 1.66. The van der Waals surface area contributed by atoms with E-state index >= 15 is 0 Å². The van der Waals surface area contributed by atoms with Crippen LogP contribution in [0.4, 0.5) is 5.69 Å². The molecular weight excluding hydrogens is 356 g/mol. The van der Waals surface area contributed by atoms with Gasteiger partial charge in [-0.05, 0) is 48.6 Å². The van der Waals surface area contributed by atoms with E-state index in [0.717, 1.165) is 31.2 Å². The van der Waals surface area contributed by atoms with Crippen LogP contribution >= 0.6 is 0 Å². The number of hydrogen-bond donors (Lipinski definition) is 2. The Bertz CT molecular complexity index is 915. The molecule has 0 saturated heterocycles. The first-order valence-corrected chi connectivity index (χ1v) is 9.61. The topological polar surface area (TPSA) is 101 Å². The molecule has 0 radical (unpaired) electrons. The van der Waals surface area contributed by atoms with E-state index in [4.69, 9.17) is 10.2 Å². The number of carbonyl (C=O) groups is 2. The Kier molecular flexibility index (Phi) is 4.66. The number of nitrogens with two attached hydrogens (primary N) is 1. The van der Waals surface area contributed by atoms with Crippen LogP contribution in [0, 0.1) is 5.92 Å². The summed E-state index contributed by atoms with van der Waals surface area (Å²) in [6, 6.07) is 10.6. The van der Waals surface area contributed by atoms with Gasteiger partial charge in [-0.2, -0.15) is 0 Å². The zero-order chi connectivity index (χ0) is 19.7. The molecule has 7 nitrogen and oxygen atoms in total. The third kappa shape index (κ3) is 2.96. The summed E-state index contributed by atoms with van der Waals surface area (Å²) in [5.41, 5.74) is 6.37. The van der Waals surface area contributed by atoms with Gasteiger partial charge in [-0.3, -0.25) is 14.5 Å². The second-order valence-electron chi connectivity index (χ2n) is 7.45. The Balaban J connectivity index is 1.71. The molecule has 0 spiro atoms. The Morgan fingerprint density at radius 3 is 2.68 bits per heavy atom. The van der Waals surface area contributed by atoms with Gasteiger partial charge in [0.05, 0.1) is 6.26 Å². The number of aliphatic imine (C=N–C) groups is 1. The smallest absolute Gasteiger partial charge is 0.291 e. The van der Waals surface area contributed by atoms with Crippen molar-refractivity contribution in [3.05, 3.63) is 54.0 Å². The van der Waals surface area contributed by atoms with Gasteiger partial charge in [0.15, 0.2) is 17.3 Å². The monoisotopic (exact) mass is 380 g/mol. The summed E-state index contributed by atoms with van der Waals surface area (Å²) in [6.45, 7) is 0. The highest BCUT2D eigenvalue weighted by Crippen LogP contribution is 2.46. The van der Waals surface area contributed by atoms with E-state index in [1.807, 2.05) is 18.2 Å². The van der Waals surface area contributed by atoms with E-state index < -0.39 is 5.54 Å². The molecule has 1 aliphatic carbocycles. The fourth-order valence-electron chi connectivity index (χ4n) is 4.31. The fourth-order valence-corrected chi connectivity index (χ4v) is 4.31. The minimum absolute atomic E-state index is 0.0910. The van der Waals surface area contributed by atoms with Gasteiger partial charge in [0.2, 0.25) is 0 Å². The Morgan fingerprint density at radius 1 is 1.25 bits per heavy atom. The second kappa shape index (κ2) is 7.14. The van der Waals surface area contributed by atoms with Crippen molar-refractivity contribution >= 4 is 23.5 Å². The van der Waals surface area contributed by atoms with Crippen LogP contribution in [0.2, 0.25) is 0 Å². The van der Waals surface area contributed by atoms with E-state index in [9.17, 15) is 9.59 Å².